The first-order chi connectivity index (χ1) is 12.6. The van der Waals surface area contributed by atoms with Crippen molar-refractivity contribution >= 4 is 11.6 Å². The van der Waals surface area contributed by atoms with Crippen molar-refractivity contribution in [3.05, 3.63) is 33.9 Å². The van der Waals surface area contributed by atoms with E-state index in [0.29, 0.717) is 18.2 Å². The number of nitro benzene ring substituents is 1. The minimum absolute atomic E-state index is 0.0758. The molecule has 0 N–H and O–H groups in total. The number of piperazine rings is 1. The number of nitro groups is 1. The highest BCUT2D eigenvalue weighted by Gasteiger charge is 2.28. The van der Waals surface area contributed by atoms with Gasteiger partial charge in [0.25, 0.3) is 5.69 Å². The van der Waals surface area contributed by atoms with Gasteiger partial charge >= 0.3 is 0 Å². The first-order valence-corrected chi connectivity index (χ1v) is 9.41. The molecule has 7 heteroatoms. The zero-order valence-electron chi connectivity index (χ0n) is 15.4. The number of methoxy groups -OCH3 is 1. The highest BCUT2D eigenvalue weighted by molar-refractivity contribution is 5.79. The molecule has 1 saturated heterocycles. The van der Waals surface area contributed by atoms with Crippen molar-refractivity contribution in [3.63, 3.8) is 0 Å². The normalized spacial score (nSPS) is 19.3. The predicted octanol–water partition coefficient (Wildman–Crippen LogP) is 2.83. The molecule has 1 heterocycles. The Morgan fingerprint density at radius 3 is 2.50 bits per heavy atom. The summed E-state index contributed by atoms with van der Waals surface area (Å²) in [5, 5.41) is 11.0. The number of benzene rings is 1. The Hall–Kier alpha value is -2.15. The quantitative estimate of drug-likeness (QED) is 0.595. The van der Waals surface area contributed by atoms with Crippen molar-refractivity contribution in [2.75, 3.05) is 33.3 Å². The fourth-order valence-electron chi connectivity index (χ4n) is 3.98. The van der Waals surface area contributed by atoms with Gasteiger partial charge in [-0.1, -0.05) is 19.3 Å². The van der Waals surface area contributed by atoms with Crippen LogP contribution in [-0.2, 0) is 11.3 Å². The zero-order chi connectivity index (χ0) is 18.5. The summed E-state index contributed by atoms with van der Waals surface area (Å²) in [7, 11) is 1.57. The maximum atomic E-state index is 12.7. The largest absolute Gasteiger partial charge is 0.496 e. The topological polar surface area (TPSA) is 75.9 Å². The van der Waals surface area contributed by atoms with Gasteiger partial charge in [0, 0.05) is 56.3 Å². The van der Waals surface area contributed by atoms with Crippen molar-refractivity contribution in [2.24, 2.45) is 5.92 Å². The van der Waals surface area contributed by atoms with Crippen LogP contribution in [0, 0.1) is 16.0 Å². The SMILES string of the molecule is COc1ccc([N+](=O)[O-])cc1CN1CCN(C(=O)C2CCCCC2)CC1. The van der Waals surface area contributed by atoms with Crippen LogP contribution in [0.1, 0.15) is 37.7 Å². The molecular formula is C19H27N3O4. The first-order valence-electron chi connectivity index (χ1n) is 9.41. The summed E-state index contributed by atoms with van der Waals surface area (Å²) in [4.78, 5) is 27.5. The number of carbonyl (C=O) groups excluding carboxylic acids is 1. The van der Waals surface area contributed by atoms with Crippen molar-refractivity contribution in [3.8, 4) is 5.75 Å². The van der Waals surface area contributed by atoms with E-state index < -0.39 is 0 Å². The molecule has 0 unspecified atom stereocenters. The summed E-state index contributed by atoms with van der Waals surface area (Å²) in [5.74, 6) is 1.20. The van der Waals surface area contributed by atoms with Crippen LogP contribution < -0.4 is 4.74 Å². The molecule has 1 aliphatic heterocycles. The van der Waals surface area contributed by atoms with E-state index >= 15 is 0 Å². The Balaban J connectivity index is 1.57. The Labute approximate surface area is 154 Å². The average molecular weight is 361 g/mol. The van der Waals surface area contributed by atoms with Crippen LogP contribution in [0.3, 0.4) is 0 Å². The fourth-order valence-corrected chi connectivity index (χ4v) is 3.98. The van der Waals surface area contributed by atoms with Crippen LogP contribution in [-0.4, -0.2) is 53.9 Å². The van der Waals surface area contributed by atoms with Gasteiger partial charge in [0.05, 0.1) is 12.0 Å². The summed E-state index contributed by atoms with van der Waals surface area (Å²) in [6.07, 6.45) is 5.66. The van der Waals surface area contributed by atoms with E-state index in [4.69, 9.17) is 4.74 Å². The van der Waals surface area contributed by atoms with Gasteiger partial charge in [0.15, 0.2) is 0 Å². The van der Waals surface area contributed by atoms with Crippen LogP contribution in [0.4, 0.5) is 5.69 Å². The summed E-state index contributed by atoms with van der Waals surface area (Å²) >= 11 is 0. The van der Waals surface area contributed by atoms with Crippen molar-refractivity contribution in [1.82, 2.24) is 9.80 Å². The van der Waals surface area contributed by atoms with Crippen LogP contribution in [0.15, 0.2) is 18.2 Å². The molecule has 26 heavy (non-hydrogen) atoms. The molecule has 1 aliphatic carbocycles. The van der Waals surface area contributed by atoms with Crippen LogP contribution in [0.5, 0.6) is 5.75 Å². The number of rotatable bonds is 5. The maximum absolute atomic E-state index is 12.7. The Morgan fingerprint density at radius 1 is 1.19 bits per heavy atom. The molecule has 0 bridgehead atoms. The lowest BCUT2D eigenvalue weighted by Gasteiger charge is -2.37. The van der Waals surface area contributed by atoms with E-state index in [1.54, 1.807) is 19.2 Å². The van der Waals surface area contributed by atoms with Gasteiger partial charge in [0.2, 0.25) is 5.91 Å². The van der Waals surface area contributed by atoms with Gasteiger partial charge < -0.3 is 9.64 Å². The minimum Gasteiger partial charge on any atom is -0.496 e. The third-order valence-corrected chi connectivity index (χ3v) is 5.51. The zero-order valence-corrected chi connectivity index (χ0v) is 15.4. The number of carbonyl (C=O) groups is 1. The molecular weight excluding hydrogens is 334 g/mol. The van der Waals surface area contributed by atoms with Crippen LogP contribution >= 0.6 is 0 Å². The van der Waals surface area contributed by atoms with E-state index in [1.807, 2.05) is 4.90 Å². The monoisotopic (exact) mass is 361 g/mol. The lowest BCUT2D eigenvalue weighted by atomic mass is 9.88. The average Bonchev–Trinajstić information content (AvgIpc) is 2.68. The van der Waals surface area contributed by atoms with E-state index in [2.05, 4.69) is 4.90 Å². The van der Waals surface area contributed by atoms with Crippen molar-refractivity contribution in [1.29, 1.82) is 0 Å². The van der Waals surface area contributed by atoms with Gasteiger partial charge in [-0.05, 0) is 18.9 Å². The molecule has 2 fully saturated rings. The van der Waals surface area contributed by atoms with Gasteiger partial charge in [-0.2, -0.15) is 0 Å². The summed E-state index contributed by atoms with van der Waals surface area (Å²) in [5.41, 5.74) is 0.890. The molecule has 1 aromatic carbocycles. The second-order valence-electron chi connectivity index (χ2n) is 7.19. The third kappa shape index (κ3) is 4.33. The smallest absolute Gasteiger partial charge is 0.270 e. The fraction of sp³-hybridized carbons (Fsp3) is 0.632. The molecule has 1 amide bonds. The Morgan fingerprint density at radius 2 is 1.88 bits per heavy atom. The summed E-state index contributed by atoms with van der Waals surface area (Å²) < 4.78 is 5.35. The number of ether oxygens (including phenoxy) is 1. The van der Waals surface area contributed by atoms with Gasteiger partial charge in [-0.15, -0.1) is 0 Å². The molecule has 142 valence electrons. The highest BCUT2D eigenvalue weighted by Crippen LogP contribution is 2.27. The van der Waals surface area contributed by atoms with Gasteiger partial charge in [-0.25, -0.2) is 0 Å². The maximum Gasteiger partial charge on any atom is 0.270 e. The molecule has 1 saturated carbocycles. The summed E-state index contributed by atoms with van der Waals surface area (Å²) in [6, 6.07) is 4.69. The van der Waals surface area contributed by atoms with E-state index in [1.165, 1.54) is 25.3 Å². The van der Waals surface area contributed by atoms with E-state index in [9.17, 15) is 14.9 Å². The number of non-ortho nitro benzene ring substituents is 1. The van der Waals surface area contributed by atoms with E-state index in [0.717, 1.165) is 44.6 Å². The molecule has 0 radical (unpaired) electrons. The summed E-state index contributed by atoms with van der Waals surface area (Å²) in [6.45, 7) is 3.62. The number of hydrogen-bond donors (Lipinski definition) is 0. The molecule has 2 aliphatic rings. The van der Waals surface area contributed by atoms with Gasteiger partial charge in [-0.3, -0.25) is 19.8 Å². The van der Waals surface area contributed by atoms with Crippen molar-refractivity contribution < 1.29 is 14.5 Å². The van der Waals surface area contributed by atoms with Crippen molar-refractivity contribution in [2.45, 2.75) is 38.6 Å². The second kappa shape index (κ2) is 8.49. The van der Waals surface area contributed by atoms with Crippen LogP contribution in [0.2, 0.25) is 0 Å². The lowest BCUT2D eigenvalue weighted by Crippen LogP contribution is -2.50. The molecule has 0 spiro atoms. The third-order valence-electron chi connectivity index (χ3n) is 5.51. The number of nitrogens with zero attached hydrogens (tertiary/aromatic N) is 3. The highest BCUT2D eigenvalue weighted by atomic mass is 16.6. The number of amides is 1. The molecule has 3 rings (SSSR count). The van der Waals surface area contributed by atoms with E-state index in [-0.39, 0.29) is 16.5 Å². The standard InChI is InChI=1S/C19H27N3O4/c1-26-18-8-7-17(22(24)25)13-16(18)14-20-9-11-21(12-10-20)19(23)15-5-3-2-4-6-15/h7-8,13,15H,2-6,9-12,14H2,1H3. The van der Waals surface area contributed by atoms with Gasteiger partial charge in [0.1, 0.15) is 5.75 Å². The predicted molar refractivity (Wildman–Crippen MR) is 98.1 cm³/mol. The minimum atomic E-state index is -0.385. The van der Waals surface area contributed by atoms with Crippen LogP contribution in [0.25, 0.3) is 0 Å². The Kier molecular flexibility index (Phi) is 6.08. The second-order valence-corrected chi connectivity index (χ2v) is 7.19. The molecule has 0 aromatic heterocycles. The Bertz CT molecular complexity index is 650. The first kappa shape index (κ1) is 18.6. The molecule has 0 atom stereocenters. The molecule has 7 nitrogen and oxygen atoms in total. The lowest BCUT2D eigenvalue weighted by molar-refractivity contribution is -0.385. The number of hydrogen-bond acceptors (Lipinski definition) is 5. The molecule has 1 aromatic rings.